The number of aryl methyl sites for hydroxylation is 2. The number of nitrogens with two attached hydrogens (primary N) is 1. The van der Waals surface area contributed by atoms with Crippen molar-refractivity contribution in [2.75, 3.05) is 11.1 Å². The predicted molar refractivity (Wildman–Crippen MR) is 82.4 cm³/mol. The van der Waals surface area contributed by atoms with E-state index < -0.39 is 5.82 Å². The van der Waals surface area contributed by atoms with Crippen molar-refractivity contribution in [3.05, 3.63) is 57.3 Å². The standard InChI is InChI=1S/C15H14BrFN2O/c1-8-5-11(16)6-9(2)14(8)19-15(20)10-3-4-13(18)12(17)7-10/h3-7H,18H2,1-2H3,(H,19,20). The second-order valence-electron chi connectivity index (χ2n) is 4.61. The molecule has 0 atom stereocenters. The number of carbonyl (C=O) groups is 1. The van der Waals surface area contributed by atoms with Crippen LogP contribution in [0.5, 0.6) is 0 Å². The molecule has 0 radical (unpaired) electrons. The number of carbonyl (C=O) groups excluding carboxylic acids is 1. The van der Waals surface area contributed by atoms with Gasteiger partial charge in [0, 0.05) is 15.7 Å². The monoisotopic (exact) mass is 336 g/mol. The Morgan fingerprint density at radius 2 is 1.80 bits per heavy atom. The SMILES string of the molecule is Cc1cc(Br)cc(C)c1NC(=O)c1ccc(N)c(F)c1. The minimum atomic E-state index is -0.595. The third-order valence-corrected chi connectivity index (χ3v) is 3.46. The number of anilines is 2. The summed E-state index contributed by atoms with van der Waals surface area (Å²) in [5, 5.41) is 2.80. The van der Waals surface area contributed by atoms with Crippen LogP contribution in [0.3, 0.4) is 0 Å². The van der Waals surface area contributed by atoms with Gasteiger partial charge in [-0.15, -0.1) is 0 Å². The molecule has 0 aliphatic heterocycles. The summed E-state index contributed by atoms with van der Waals surface area (Å²) in [5.74, 6) is -0.959. The van der Waals surface area contributed by atoms with Gasteiger partial charge in [-0.1, -0.05) is 15.9 Å². The fourth-order valence-corrected chi connectivity index (χ4v) is 2.65. The van der Waals surface area contributed by atoms with E-state index in [9.17, 15) is 9.18 Å². The van der Waals surface area contributed by atoms with Crippen LogP contribution in [0.25, 0.3) is 0 Å². The van der Waals surface area contributed by atoms with Crippen LogP contribution in [-0.4, -0.2) is 5.91 Å². The normalized spacial score (nSPS) is 10.4. The molecule has 0 aliphatic rings. The summed E-state index contributed by atoms with van der Waals surface area (Å²) in [6, 6.07) is 7.83. The van der Waals surface area contributed by atoms with Crippen molar-refractivity contribution in [3.8, 4) is 0 Å². The fourth-order valence-electron chi connectivity index (χ4n) is 1.96. The summed E-state index contributed by atoms with van der Waals surface area (Å²) in [4.78, 5) is 12.1. The molecule has 0 fully saturated rings. The van der Waals surface area contributed by atoms with Gasteiger partial charge < -0.3 is 11.1 Å². The highest BCUT2D eigenvalue weighted by Crippen LogP contribution is 2.25. The molecule has 2 aromatic rings. The van der Waals surface area contributed by atoms with E-state index in [1.807, 2.05) is 26.0 Å². The highest BCUT2D eigenvalue weighted by Gasteiger charge is 2.12. The van der Waals surface area contributed by atoms with Gasteiger partial charge in [0.25, 0.3) is 5.91 Å². The van der Waals surface area contributed by atoms with Crippen molar-refractivity contribution in [2.24, 2.45) is 0 Å². The number of hydrogen-bond acceptors (Lipinski definition) is 2. The minimum Gasteiger partial charge on any atom is -0.396 e. The first-order valence-electron chi connectivity index (χ1n) is 6.01. The van der Waals surface area contributed by atoms with Crippen molar-refractivity contribution in [1.29, 1.82) is 0 Å². The Hall–Kier alpha value is -1.88. The van der Waals surface area contributed by atoms with Crippen molar-refractivity contribution < 1.29 is 9.18 Å². The molecule has 20 heavy (non-hydrogen) atoms. The fraction of sp³-hybridized carbons (Fsp3) is 0.133. The summed E-state index contributed by atoms with van der Waals surface area (Å²) in [6.45, 7) is 3.80. The summed E-state index contributed by atoms with van der Waals surface area (Å²) < 4.78 is 14.3. The molecule has 0 unspecified atom stereocenters. The third-order valence-electron chi connectivity index (χ3n) is 3.00. The summed E-state index contributed by atoms with van der Waals surface area (Å²) in [7, 11) is 0. The van der Waals surface area contributed by atoms with Crippen LogP contribution < -0.4 is 11.1 Å². The van der Waals surface area contributed by atoms with Crippen LogP contribution in [-0.2, 0) is 0 Å². The Balaban J connectivity index is 2.30. The van der Waals surface area contributed by atoms with Gasteiger partial charge in [-0.3, -0.25) is 4.79 Å². The number of hydrogen-bond donors (Lipinski definition) is 2. The number of halogens is 2. The van der Waals surface area contributed by atoms with E-state index in [1.54, 1.807) is 0 Å². The van der Waals surface area contributed by atoms with Gasteiger partial charge in [-0.2, -0.15) is 0 Å². The Morgan fingerprint density at radius 1 is 1.20 bits per heavy atom. The van der Waals surface area contributed by atoms with Crippen molar-refractivity contribution in [3.63, 3.8) is 0 Å². The third kappa shape index (κ3) is 2.99. The number of benzene rings is 2. The van der Waals surface area contributed by atoms with Gasteiger partial charge in [0.15, 0.2) is 0 Å². The zero-order valence-corrected chi connectivity index (χ0v) is 12.7. The zero-order valence-electron chi connectivity index (χ0n) is 11.1. The quantitative estimate of drug-likeness (QED) is 0.813. The van der Waals surface area contributed by atoms with Crippen LogP contribution in [0.2, 0.25) is 0 Å². The van der Waals surface area contributed by atoms with Crippen LogP contribution in [0.4, 0.5) is 15.8 Å². The summed E-state index contributed by atoms with van der Waals surface area (Å²) >= 11 is 3.40. The largest absolute Gasteiger partial charge is 0.396 e. The van der Waals surface area contributed by atoms with E-state index in [1.165, 1.54) is 12.1 Å². The number of nitrogen functional groups attached to an aromatic ring is 1. The molecular formula is C15H14BrFN2O. The molecule has 0 aromatic heterocycles. The average Bonchev–Trinajstić information content (AvgIpc) is 2.36. The van der Waals surface area contributed by atoms with Gasteiger partial charge in [-0.25, -0.2) is 4.39 Å². The summed E-state index contributed by atoms with van der Waals surface area (Å²) in [6.07, 6.45) is 0. The van der Waals surface area contributed by atoms with Crippen molar-refractivity contribution >= 4 is 33.2 Å². The van der Waals surface area contributed by atoms with E-state index in [0.29, 0.717) is 0 Å². The molecule has 5 heteroatoms. The molecule has 0 saturated carbocycles. The zero-order chi connectivity index (χ0) is 14.9. The Morgan fingerprint density at radius 3 is 2.35 bits per heavy atom. The van der Waals surface area contributed by atoms with Crippen LogP contribution >= 0.6 is 15.9 Å². The van der Waals surface area contributed by atoms with Crippen molar-refractivity contribution in [1.82, 2.24) is 0 Å². The molecule has 1 amide bonds. The maximum Gasteiger partial charge on any atom is 0.255 e. The Kier molecular flexibility index (Phi) is 4.09. The van der Waals surface area contributed by atoms with Gasteiger partial charge in [0.1, 0.15) is 5.82 Å². The maximum atomic E-state index is 13.4. The van der Waals surface area contributed by atoms with E-state index in [4.69, 9.17) is 5.73 Å². The molecular weight excluding hydrogens is 323 g/mol. The summed E-state index contributed by atoms with van der Waals surface area (Å²) in [5.41, 5.74) is 8.25. The smallest absolute Gasteiger partial charge is 0.255 e. The van der Waals surface area contributed by atoms with Crippen LogP contribution in [0.1, 0.15) is 21.5 Å². The molecule has 0 spiro atoms. The first kappa shape index (κ1) is 14.5. The Labute approximate surface area is 125 Å². The minimum absolute atomic E-state index is 0.0255. The lowest BCUT2D eigenvalue weighted by Gasteiger charge is -2.12. The molecule has 0 heterocycles. The highest BCUT2D eigenvalue weighted by atomic mass is 79.9. The van der Waals surface area contributed by atoms with E-state index in [2.05, 4.69) is 21.2 Å². The highest BCUT2D eigenvalue weighted by molar-refractivity contribution is 9.10. The lowest BCUT2D eigenvalue weighted by atomic mass is 10.1. The molecule has 0 aliphatic carbocycles. The van der Waals surface area contributed by atoms with E-state index in [-0.39, 0.29) is 17.2 Å². The topological polar surface area (TPSA) is 55.1 Å². The van der Waals surface area contributed by atoms with E-state index in [0.717, 1.165) is 27.4 Å². The molecule has 2 rings (SSSR count). The maximum absolute atomic E-state index is 13.4. The number of nitrogens with one attached hydrogen (secondary N) is 1. The van der Waals surface area contributed by atoms with Gasteiger partial charge in [0.2, 0.25) is 0 Å². The molecule has 0 saturated heterocycles. The molecule has 104 valence electrons. The number of rotatable bonds is 2. The Bertz CT molecular complexity index is 663. The van der Waals surface area contributed by atoms with Gasteiger partial charge >= 0.3 is 0 Å². The molecule has 3 N–H and O–H groups in total. The molecule has 3 nitrogen and oxygen atoms in total. The van der Waals surface area contributed by atoms with Crippen LogP contribution in [0, 0.1) is 19.7 Å². The lowest BCUT2D eigenvalue weighted by molar-refractivity contribution is 0.102. The first-order chi connectivity index (χ1) is 9.38. The second-order valence-corrected chi connectivity index (χ2v) is 5.52. The van der Waals surface area contributed by atoms with Crippen LogP contribution in [0.15, 0.2) is 34.8 Å². The van der Waals surface area contributed by atoms with E-state index >= 15 is 0 Å². The second kappa shape index (κ2) is 5.63. The molecule has 2 aromatic carbocycles. The molecule has 0 bridgehead atoms. The van der Waals surface area contributed by atoms with Crippen molar-refractivity contribution in [2.45, 2.75) is 13.8 Å². The first-order valence-corrected chi connectivity index (χ1v) is 6.81. The van der Waals surface area contributed by atoms with Gasteiger partial charge in [0.05, 0.1) is 5.69 Å². The predicted octanol–water partition coefficient (Wildman–Crippen LogP) is 4.04. The lowest BCUT2D eigenvalue weighted by Crippen LogP contribution is -2.14. The average molecular weight is 337 g/mol. The van der Waals surface area contributed by atoms with Gasteiger partial charge in [-0.05, 0) is 55.3 Å². The number of amides is 1.